The first-order valence-electron chi connectivity index (χ1n) is 6.81. The fourth-order valence-corrected chi connectivity index (χ4v) is 2.49. The summed E-state index contributed by atoms with van der Waals surface area (Å²) in [5.41, 5.74) is 6.73. The number of hydrogen-bond acceptors (Lipinski definition) is 4. The van der Waals surface area contributed by atoms with Gasteiger partial charge in [-0.25, -0.2) is 0 Å². The average molecular weight is 281 g/mol. The van der Waals surface area contributed by atoms with E-state index in [1.165, 1.54) is 0 Å². The summed E-state index contributed by atoms with van der Waals surface area (Å²) in [6.45, 7) is 10.1. The summed E-state index contributed by atoms with van der Waals surface area (Å²) in [5, 5.41) is 4.59. The zero-order valence-corrected chi connectivity index (χ0v) is 12.6. The molecule has 0 aromatic carbocycles. The molecule has 0 spiro atoms. The highest BCUT2D eigenvalue weighted by molar-refractivity contribution is 7.80. The van der Waals surface area contributed by atoms with E-state index < -0.39 is 0 Å². The summed E-state index contributed by atoms with van der Waals surface area (Å²) in [7, 11) is 0. The molecule has 0 amide bonds. The monoisotopic (exact) mass is 281 g/mol. The molecular weight excluding hydrogens is 258 g/mol. The van der Waals surface area contributed by atoms with E-state index in [1.807, 2.05) is 4.68 Å². The van der Waals surface area contributed by atoms with E-state index in [0.29, 0.717) is 11.0 Å². The lowest BCUT2D eigenvalue weighted by Crippen LogP contribution is -2.48. The van der Waals surface area contributed by atoms with Gasteiger partial charge in [-0.1, -0.05) is 12.2 Å². The molecule has 0 unspecified atom stereocenters. The molecule has 1 aliphatic rings. The molecule has 1 aromatic rings. The van der Waals surface area contributed by atoms with Gasteiger partial charge in [0, 0.05) is 51.5 Å². The van der Waals surface area contributed by atoms with Crippen molar-refractivity contribution in [2.45, 2.75) is 26.4 Å². The maximum atomic E-state index is 5.58. The average Bonchev–Trinajstić information content (AvgIpc) is 2.80. The maximum Gasteiger partial charge on any atom is 0.0870 e. The second-order valence-corrected chi connectivity index (χ2v) is 5.92. The van der Waals surface area contributed by atoms with E-state index in [4.69, 9.17) is 18.0 Å². The third-order valence-corrected chi connectivity index (χ3v) is 3.55. The van der Waals surface area contributed by atoms with Gasteiger partial charge in [-0.2, -0.15) is 5.10 Å². The zero-order valence-electron chi connectivity index (χ0n) is 11.7. The lowest BCUT2D eigenvalue weighted by atomic mass is 10.3. The topological polar surface area (TPSA) is 50.3 Å². The Morgan fingerprint density at radius 3 is 2.47 bits per heavy atom. The summed E-state index contributed by atoms with van der Waals surface area (Å²) in [4.78, 5) is 5.33. The Balaban J connectivity index is 1.80. The Hall–Kier alpha value is -0.980. The molecule has 2 N–H and O–H groups in total. The van der Waals surface area contributed by atoms with E-state index in [9.17, 15) is 0 Å². The van der Waals surface area contributed by atoms with Gasteiger partial charge in [-0.3, -0.25) is 14.5 Å². The van der Waals surface area contributed by atoms with Gasteiger partial charge in [0.1, 0.15) is 0 Å². The molecule has 2 rings (SSSR count). The van der Waals surface area contributed by atoms with Crippen LogP contribution in [0.1, 0.15) is 25.6 Å². The van der Waals surface area contributed by atoms with Gasteiger partial charge in [0.05, 0.1) is 10.7 Å². The predicted octanol–water partition coefficient (Wildman–Crippen LogP) is 0.868. The Bertz CT molecular complexity index is 420. The molecule has 19 heavy (non-hydrogen) atoms. The number of rotatable bonds is 5. The largest absolute Gasteiger partial charge is 0.392 e. The van der Waals surface area contributed by atoms with Crippen LogP contribution in [0.2, 0.25) is 0 Å². The minimum absolute atomic E-state index is 0.427. The second-order valence-electron chi connectivity index (χ2n) is 5.40. The molecule has 1 fully saturated rings. The van der Waals surface area contributed by atoms with Crippen molar-refractivity contribution in [1.29, 1.82) is 0 Å². The quantitative estimate of drug-likeness (QED) is 0.812. The molecule has 6 heteroatoms. The summed E-state index contributed by atoms with van der Waals surface area (Å²) < 4.78 is 2.01. The van der Waals surface area contributed by atoms with Crippen LogP contribution in [0.15, 0.2) is 12.3 Å². The van der Waals surface area contributed by atoms with Crippen LogP contribution in [0.25, 0.3) is 0 Å². The van der Waals surface area contributed by atoms with Gasteiger partial charge in [0.15, 0.2) is 0 Å². The molecule has 0 atom stereocenters. The summed E-state index contributed by atoms with van der Waals surface area (Å²) in [5.74, 6) is 0. The van der Waals surface area contributed by atoms with E-state index in [0.717, 1.165) is 45.0 Å². The molecule has 0 radical (unpaired) electrons. The van der Waals surface area contributed by atoms with Crippen molar-refractivity contribution in [3.63, 3.8) is 0 Å². The summed E-state index contributed by atoms with van der Waals surface area (Å²) >= 11 is 4.95. The number of nitrogens with two attached hydrogens (primary N) is 1. The highest BCUT2D eigenvalue weighted by atomic mass is 32.1. The van der Waals surface area contributed by atoms with Crippen LogP contribution in [0.4, 0.5) is 0 Å². The molecule has 1 aliphatic heterocycles. The van der Waals surface area contributed by atoms with Crippen molar-refractivity contribution in [2.24, 2.45) is 5.73 Å². The minimum Gasteiger partial charge on any atom is -0.392 e. The fourth-order valence-electron chi connectivity index (χ4n) is 2.30. The molecule has 1 saturated heterocycles. The van der Waals surface area contributed by atoms with Crippen molar-refractivity contribution in [2.75, 3.05) is 32.7 Å². The van der Waals surface area contributed by atoms with Crippen LogP contribution in [-0.4, -0.2) is 57.3 Å². The zero-order chi connectivity index (χ0) is 13.8. The number of hydrogen-bond donors (Lipinski definition) is 1. The fraction of sp³-hybridized carbons (Fsp3) is 0.692. The molecule has 0 aliphatic carbocycles. The van der Waals surface area contributed by atoms with Gasteiger partial charge in [-0.15, -0.1) is 0 Å². The van der Waals surface area contributed by atoms with Gasteiger partial charge in [-0.05, 0) is 19.9 Å². The van der Waals surface area contributed by atoms with E-state index in [1.54, 1.807) is 0 Å². The molecule has 5 nitrogen and oxygen atoms in total. The maximum absolute atomic E-state index is 5.58. The Morgan fingerprint density at radius 1 is 1.32 bits per heavy atom. The van der Waals surface area contributed by atoms with E-state index in [-0.39, 0.29) is 0 Å². The highest BCUT2D eigenvalue weighted by Crippen LogP contribution is 2.09. The van der Waals surface area contributed by atoms with Crippen LogP contribution in [0.3, 0.4) is 0 Å². The third kappa shape index (κ3) is 4.26. The molecule has 106 valence electrons. The van der Waals surface area contributed by atoms with Gasteiger partial charge in [0.25, 0.3) is 0 Å². The van der Waals surface area contributed by atoms with Crippen LogP contribution in [0.5, 0.6) is 0 Å². The molecule has 2 heterocycles. The van der Waals surface area contributed by atoms with Crippen molar-refractivity contribution in [3.05, 3.63) is 18.0 Å². The standard InChI is InChI=1S/C13H23N5S/c1-11(2)18-4-3-12(15-18)9-16-5-7-17(8-6-16)10-13(14)19/h3-4,11H,5-10H2,1-2H3,(H2,14,19). The third-order valence-electron chi connectivity index (χ3n) is 3.42. The van der Waals surface area contributed by atoms with Crippen LogP contribution in [0, 0.1) is 0 Å². The first kappa shape index (κ1) is 14.4. The minimum atomic E-state index is 0.427. The van der Waals surface area contributed by atoms with Crippen molar-refractivity contribution in [1.82, 2.24) is 19.6 Å². The lowest BCUT2D eigenvalue weighted by molar-refractivity contribution is 0.138. The van der Waals surface area contributed by atoms with Crippen LogP contribution < -0.4 is 5.73 Å². The number of aromatic nitrogens is 2. The second kappa shape index (κ2) is 6.45. The van der Waals surface area contributed by atoms with Gasteiger partial charge < -0.3 is 5.73 Å². The van der Waals surface area contributed by atoms with Crippen molar-refractivity contribution in [3.8, 4) is 0 Å². The predicted molar refractivity (Wildman–Crippen MR) is 81.1 cm³/mol. The summed E-state index contributed by atoms with van der Waals surface area (Å²) in [6.07, 6.45) is 2.06. The van der Waals surface area contributed by atoms with Gasteiger partial charge in [0.2, 0.25) is 0 Å². The van der Waals surface area contributed by atoms with Crippen molar-refractivity contribution >= 4 is 17.2 Å². The number of thiocarbonyl (C=S) groups is 1. The Labute approximate surface area is 120 Å². The first-order valence-corrected chi connectivity index (χ1v) is 7.22. The molecule has 0 saturated carbocycles. The lowest BCUT2D eigenvalue weighted by Gasteiger charge is -2.33. The smallest absolute Gasteiger partial charge is 0.0870 e. The normalized spacial score (nSPS) is 18.1. The van der Waals surface area contributed by atoms with Crippen molar-refractivity contribution < 1.29 is 0 Å². The number of nitrogens with zero attached hydrogens (tertiary/aromatic N) is 4. The highest BCUT2D eigenvalue weighted by Gasteiger charge is 2.18. The molecular formula is C13H23N5S. The van der Waals surface area contributed by atoms with Gasteiger partial charge >= 0.3 is 0 Å². The first-order chi connectivity index (χ1) is 9.04. The van der Waals surface area contributed by atoms with Crippen LogP contribution >= 0.6 is 12.2 Å². The molecule has 1 aromatic heterocycles. The Morgan fingerprint density at radius 2 is 1.95 bits per heavy atom. The molecule has 0 bridgehead atoms. The van der Waals surface area contributed by atoms with E-state index in [2.05, 4.69) is 41.0 Å². The van der Waals surface area contributed by atoms with Crippen LogP contribution in [-0.2, 0) is 6.54 Å². The SMILES string of the molecule is CC(C)n1ccc(CN2CCN(CC(N)=S)CC2)n1. The number of piperazine rings is 1. The summed E-state index contributed by atoms with van der Waals surface area (Å²) in [6, 6.07) is 2.54. The Kier molecular flexibility index (Phi) is 4.90. The van der Waals surface area contributed by atoms with E-state index >= 15 is 0 Å².